The van der Waals surface area contributed by atoms with Crippen molar-refractivity contribution in [2.24, 2.45) is 0 Å². The Labute approximate surface area is 143 Å². The number of rotatable bonds is 4. The Morgan fingerprint density at radius 1 is 1.30 bits per heavy atom. The Kier molecular flexibility index (Phi) is 5.23. The summed E-state index contributed by atoms with van der Waals surface area (Å²) in [6, 6.07) is 6.65. The van der Waals surface area contributed by atoms with Crippen LogP contribution in [0, 0.1) is 0 Å². The van der Waals surface area contributed by atoms with Gasteiger partial charge in [-0.05, 0) is 69.8 Å². The molecule has 2 heterocycles. The summed E-state index contributed by atoms with van der Waals surface area (Å²) in [5.41, 5.74) is 1.20. The van der Waals surface area contributed by atoms with Crippen molar-refractivity contribution in [2.45, 2.75) is 32.4 Å². The number of hydrogen-bond donors (Lipinski definition) is 1. The molecular formula is C17H25N3O2S. The first-order valence-electron chi connectivity index (χ1n) is 8.29. The van der Waals surface area contributed by atoms with Crippen molar-refractivity contribution in [3.63, 3.8) is 0 Å². The Morgan fingerprint density at radius 3 is 2.78 bits per heavy atom. The SMILES string of the molecule is CCNC(=S)N(Cc1ccc2c(c1)OCO2)C1CCN(C)CC1. The molecule has 0 aromatic heterocycles. The molecule has 23 heavy (non-hydrogen) atoms. The minimum absolute atomic E-state index is 0.313. The predicted octanol–water partition coefficient (Wildman–Crippen LogP) is 2.21. The zero-order valence-corrected chi connectivity index (χ0v) is 14.7. The summed E-state index contributed by atoms with van der Waals surface area (Å²) in [7, 11) is 2.18. The van der Waals surface area contributed by atoms with Crippen molar-refractivity contribution in [1.29, 1.82) is 0 Å². The molecule has 6 heteroatoms. The first-order valence-corrected chi connectivity index (χ1v) is 8.69. The van der Waals surface area contributed by atoms with E-state index in [1.165, 1.54) is 5.56 Å². The van der Waals surface area contributed by atoms with Gasteiger partial charge in [-0.25, -0.2) is 0 Å². The second-order valence-electron chi connectivity index (χ2n) is 6.19. The van der Waals surface area contributed by atoms with E-state index < -0.39 is 0 Å². The third-order valence-corrected chi connectivity index (χ3v) is 4.89. The number of likely N-dealkylation sites (tertiary alicyclic amines) is 1. The number of hydrogen-bond acceptors (Lipinski definition) is 4. The third kappa shape index (κ3) is 3.87. The second kappa shape index (κ2) is 7.36. The Bertz CT molecular complexity index is 559. The van der Waals surface area contributed by atoms with Crippen LogP contribution in [0.1, 0.15) is 25.3 Å². The van der Waals surface area contributed by atoms with Gasteiger partial charge in [-0.15, -0.1) is 0 Å². The van der Waals surface area contributed by atoms with Gasteiger partial charge in [-0.2, -0.15) is 0 Å². The van der Waals surface area contributed by atoms with Crippen molar-refractivity contribution < 1.29 is 9.47 Å². The molecule has 0 spiro atoms. The van der Waals surface area contributed by atoms with E-state index in [-0.39, 0.29) is 0 Å². The van der Waals surface area contributed by atoms with Gasteiger partial charge in [-0.3, -0.25) is 0 Å². The molecule has 0 saturated carbocycles. The third-order valence-electron chi connectivity index (χ3n) is 4.51. The molecule has 126 valence electrons. The quantitative estimate of drug-likeness (QED) is 0.851. The van der Waals surface area contributed by atoms with Crippen molar-refractivity contribution in [1.82, 2.24) is 15.1 Å². The number of ether oxygens (including phenoxy) is 2. The fraction of sp³-hybridized carbons (Fsp3) is 0.588. The topological polar surface area (TPSA) is 37.0 Å². The van der Waals surface area contributed by atoms with Gasteiger partial charge in [0.05, 0.1) is 0 Å². The molecule has 0 atom stereocenters. The van der Waals surface area contributed by atoms with Gasteiger partial charge in [-0.1, -0.05) is 6.07 Å². The highest BCUT2D eigenvalue weighted by atomic mass is 32.1. The Balaban J connectivity index is 1.74. The minimum atomic E-state index is 0.313. The average molecular weight is 335 g/mol. The van der Waals surface area contributed by atoms with Crippen molar-refractivity contribution >= 4 is 17.3 Å². The standard InChI is InChI=1S/C17H25N3O2S/c1-3-18-17(23)20(14-6-8-19(2)9-7-14)11-13-4-5-15-16(10-13)22-12-21-15/h4-5,10,14H,3,6-9,11-12H2,1-2H3,(H,18,23). The molecule has 1 aromatic rings. The smallest absolute Gasteiger partial charge is 0.231 e. The largest absolute Gasteiger partial charge is 0.454 e. The van der Waals surface area contributed by atoms with Gasteiger partial charge in [0.1, 0.15) is 0 Å². The molecule has 1 fully saturated rings. The Morgan fingerprint density at radius 2 is 2.04 bits per heavy atom. The number of piperidine rings is 1. The summed E-state index contributed by atoms with van der Waals surface area (Å²) in [6.07, 6.45) is 2.29. The molecule has 1 saturated heterocycles. The molecule has 3 rings (SSSR count). The molecule has 5 nitrogen and oxygen atoms in total. The van der Waals surface area contributed by atoms with E-state index in [9.17, 15) is 0 Å². The van der Waals surface area contributed by atoms with Crippen LogP contribution in [0.15, 0.2) is 18.2 Å². The molecule has 2 aliphatic heterocycles. The maximum Gasteiger partial charge on any atom is 0.231 e. The number of benzene rings is 1. The maximum atomic E-state index is 5.63. The summed E-state index contributed by atoms with van der Waals surface area (Å²) >= 11 is 5.63. The second-order valence-corrected chi connectivity index (χ2v) is 6.57. The summed E-state index contributed by atoms with van der Waals surface area (Å²) < 4.78 is 10.9. The molecule has 1 aromatic carbocycles. The molecular weight excluding hydrogens is 310 g/mol. The molecule has 0 bridgehead atoms. The number of nitrogens with zero attached hydrogens (tertiary/aromatic N) is 2. The molecule has 0 aliphatic carbocycles. The first-order chi connectivity index (χ1) is 11.2. The summed E-state index contributed by atoms with van der Waals surface area (Å²) in [5.74, 6) is 1.66. The van der Waals surface area contributed by atoms with Gasteiger partial charge >= 0.3 is 0 Å². The zero-order chi connectivity index (χ0) is 16.2. The molecule has 0 amide bonds. The highest BCUT2D eigenvalue weighted by Gasteiger charge is 2.25. The average Bonchev–Trinajstić information content (AvgIpc) is 3.01. The number of nitrogens with one attached hydrogen (secondary N) is 1. The van der Waals surface area contributed by atoms with Gasteiger partial charge < -0.3 is 24.6 Å². The maximum absolute atomic E-state index is 5.63. The van der Waals surface area contributed by atoms with Crippen LogP contribution in [-0.4, -0.2) is 54.4 Å². The molecule has 2 aliphatic rings. The zero-order valence-electron chi connectivity index (χ0n) is 13.9. The van der Waals surface area contributed by atoms with E-state index in [4.69, 9.17) is 21.7 Å². The van der Waals surface area contributed by atoms with E-state index in [1.54, 1.807) is 0 Å². The first kappa shape index (κ1) is 16.3. The highest BCUT2D eigenvalue weighted by molar-refractivity contribution is 7.80. The lowest BCUT2D eigenvalue weighted by Crippen LogP contribution is -2.49. The van der Waals surface area contributed by atoms with Crippen LogP contribution >= 0.6 is 12.2 Å². The van der Waals surface area contributed by atoms with Crippen LogP contribution in [0.3, 0.4) is 0 Å². The van der Waals surface area contributed by atoms with E-state index in [0.717, 1.165) is 55.6 Å². The van der Waals surface area contributed by atoms with Gasteiger partial charge in [0.15, 0.2) is 16.6 Å². The van der Waals surface area contributed by atoms with Crippen molar-refractivity contribution in [2.75, 3.05) is 33.5 Å². The van der Waals surface area contributed by atoms with Crippen LogP contribution in [0.2, 0.25) is 0 Å². The lowest BCUT2D eigenvalue weighted by molar-refractivity contribution is 0.170. The molecule has 0 radical (unpaired) electrons. The van der Waals surface area contributed by atoms with E-state index in [0.29, 0.717) is 12.8 Å². The summed E-state index contributed by atoms with van der Waals surface area (Å²) in [4.78, 5) is 4.72. The normalized spacial score (nSPS) is 18.0. The van der Waals surface area contributed by atoms with Crippen molar-refractivity contribution in [3.8, 4) is 11.5 Å². The van der Waals surface area contributed by atoms with Gasteiger partial charge in [0.25, 0.3) is 0 Å². The summed E-state index contributed by atoms with van der Waals surface area (Å²) in [5, 5.41) is 4.16. The summed E-state index contributed by atoms with van der Waals surface area (Å²) in [6.45, 7) is 6.29. The molecule has 1 N–H and O–H groups in total. The van der Waals surface area contributed by atoms with Crippen LogP contribution in [0.5, 0.6) is 11.5 Å². The van der Waals surface area contributed by atoms with E-state index in [2.05, 4.69) is 41.2 Å². The number of fused-ring (bicyclic) bond motifs is 1. The van der Waals surface area contributed by atoms with Gasteiger partial charge in [0, 0.05) is 19.1 Å². The lowest BCUT2D eigenvalue weighted by atomic mass is 10.0. The van der Waals surface area contributed by atoms with Crippen LogP contribution in [-0.2, 0) is 6.54 Å². The predicted molar refractivity (Wildman–Crippen MR) is 94.9 cm³/mol. The lowest BCUT2D eigenvalue weighted by Gasteiger charge is -2.39. The fourth-order valence-electron chi connectivity index (χ4n) is 3.16. The Hall–Kier alpha value is -1.53. The van der Waals surface area contributed by atoms with Crippen molar-refractivity contribution in [3.05, 3.63) is 23.8 Å². The van der Waals surface area contributed by atoms with Crippen LogP contribution in [0.25, 0.3) is 0 Å². The fourth-order valence-corrected chi connectivity index (χ4v) is 3.52. The highest BCUT2D eigenvalue weighted by Crippen LogP contribution is 2.33. The monoisotopic (exact) mass is 335 g/mol. The molecule has 0 unspecified atom stereocenters. The van der Waals surface area contributed by atoms with Crippen LogP contribution < -0.4 is 14.8 Å². The number of thiocarbonyl (C=S) groups is 1. The van der Waals surface area contributed by atoms with Gasteiger partial charge in [0.2, 0.25) is 6.79 Å². The van der Waals surface area contributed by atoms with E-state index in [1.807, 2.05) is 6.07 Å². The minimum Gasteiger partial charge on any atom is -0.454 e. The van der Waals surface area contributed by atoms with E-state index >= 15 is 0 Å². The van der Waals surface area contributed by atoms with Crippen LogP contribution in [0.4, 0.5) is 0 Å².